The third-order valence-corrected chi connectivity index (χ3v) is 4.54. The number of fused-ring (bicyclic) bond motifs is 1. The van der Waals surface area contributed by atoms with E-state index >= 15 is 0 Å². The van der Waals surface area contributed by atoms with Crippen LogP contribution in [-0.4, -0.2) is 36.1 Å². The van der Waals surface area contributed by atoms with Gasteiger partial charge in [-0.25, -0.2) is 0 Å². The Labute approximate surface area is 137 Å². The molecular weight excluding hydrogens is 290 g/mol. The molecule has 3 rings (SSSR count). The fourth-order valence-corrected chi connectivity index (χ4v) is 3.17. The van der Waals surface area contributed by atoms with Gasteiger partial charge in [0.2, 0.25) is 0 Å². The van der Waals surface area contributed by atoms with Gasteiger partial charge in [0.25, 0.3) is 0 Å². The molecule has 2 aromatic rings. The lowest BCUT2D eigenvalue weighted by Crippen LogP contribution is -2.33. The summed E-state index contributed by atoms with van der Waals surface area (Å²) in [5.74, 6) is 0. The molecule has 1 atom stereocenters. The van der Waals surface area contributed by atoms with Crippen LogP contribution in [0.5, 0.6) is 0 Å². The van der Waals surface area contributed by atoms with Crippen molar-refractivity contribution in [2.24, 2.45) is 0 Å². The summed E-state index contributed by atoms with van der Waals surface area (Å²) < 4.78 is 4.02. The lowest BCUT2D eigenvalue weighted by Gasteiger charge is -2.27. The van der Waals surface area contributed by atoms with E-state index in [9.17, 15) is 5.11 Å². The van der Waals surface area contributed by atoms with Crippen molar-refractivity contribution in [1.82, 2.24) is 24.5 Å². The second-order valence-corrected chi connectivity index (χ2v) is 6.29. The average molecular weight is 315 g/mol. The molecule has 1 N–H and O–H groups in total. The van der Waals surface area contributed by atoms with Crippen molar-refractivity contribution in [2.45, 2.75) is 53.1 Å². The second kappa shape index (κ2) is 6.29. The molecule has 124 valence electrons. The van der Waals surface area contributed by atoms with E-state index in [4.69, 9.17) is 0 Å². The van der Waals surface area contributed by atoms with Crippen molar-refractivity contribution in [3.8, 4) is 0 Å². The summed E-state index contributed by atoms with van der Waals surface area (Å²) in [6, 6.07) is 2.01. The zero-order valence-corrected chi connectivity index (χ0v) is 14.2. The van der Waals surface area contributed by atoms with Gasteiger partial charge in [-0.3, -0.25) is 14.3 Å². The van der Waals surface area contributed by atoms with Crippen molar-refractivity contribution in [1.29, 1.82) is 0 Å². The van der Waals surface area contributed by atoms with Crippen molar-refractivity contribution in [3.05, 3.63) is 47.1 Å². The van der Waals surface area contributed by atoms with Crippen molar-refractivity contribution >= 4 is 0 Å². The number of nitrogens with zero attached hydrogens (tertiary/aromatic N) is 5. The minimum atomic E-state index is -0.511. The first kappa shape index (κ1) is 16.0. The summed E-state index contributed by atoms with van der Waals surface area (Å²) in [6.45, 7) is 14.1. The van der Waals surface area contributed by atoms with Gasteiger partial charge in [0.1, 0.15) is 0 Å². The zero-order chi connectivity index (χ0) is 16.6. The monoisotopic (exact) mass is 315 g/mol. The third kappa shape index (κ3) is 3.09. The molecule has 0 fully saturated rings. The molecular formula is C17H25N5O. The highest BCUT2D eigenvalue weighted by atomic mass is 16.3. The van der Waals surface area contributed by atoms with Crippen LogP contribution in [0.4, 0.5) is 0 Å². The smallest absolute Gasteiger partial charge is 0.0950 e. The lowest BCUT2D eigenvalue weighted by atomic mass is 10.1. The Bertz CT molecular complexity index is 713. The molecule has 6 nitrogen and oxygen atoms in total. The minimum Gasteiger partial charge on any atom is -0.387 e. The number of aliphatic hydroxyl groups excluding tert-OH is 1. The van der Waals surface area contributed by atoms with Crippen LogP contribution in [0.15, 0.2) is 18.7 Å². The van der Waals surface area contributed by atoms with Crippen molar-refractivity contribution < 1.29 is 5.11 Å². The molecule has 0 radical (unpaired) electrons. The number of hydrogen-bond donors (Lipinski definition) is 1. The van der Waals surface area contributed by atoms with E-state index in [-0.39, 0.29) is 0 Å². The molecule has 0 aromatic carbocycles. The number of aliphatic hydroxyl groups is 1. The molecule has 1 aliphatic rings. The van der Waals surface area contributed by atoms with E-state index in [0.29, 0.717) is 0 Å². The molecule has 6 heteroatoms. The predicted octanol–water partition coefficient (Wildman–Crippen LogP) is 1.95. The van der Waals surface area contributed by atoms with Gasteiger partial charge >= 0.3 is 0 Å². The number of rotatable bonds is 5. The maximum atomic E-state index is 9.69. The van der Waals surface area contributed by atoms with Gasteiger partial charge in [0.05, 0.1) is 36.3 Å². The van der Waals surface area contributed by atoms with Crippen molar-refractivity contribution in [3.63, 3.8) is 0 Å². The van der Waals surface area contributed by atoms with Crippen LogP contribution in [0.2, 0.25) is 0 Å². The topological polar surface area (TPSA) is 59.1 Å². The molecule has 0 saturated heterocycles. The molecule has 23 heavy (non-hydrogen) atoms. The van der Waals surface area contributed by atoms with E-state index in [1.807, 2.05) is 21.5 Å². The highest BCUT2D eigenvalue weighted by Gasteiger charge is 2.22. The van der Waals surface area contributed by atoms with Gasteiger partial charge in [-0.05, 0) is 26.8 Å². The van der Waals surface area contributed by atoms with Gasteiger partial charge in [-0.15, -0.1) is 6.58 Å². The highest BCUT2D eigenvalue weighted by Crippen LogP contribution is 2.21. The summed E-state index contributed by atoms with van der Waals surface area (Å²) in [5, 5.41) is 18.8. The van der Waals surface area contributed by atoms with Gasteiger partial charge in [-0.2, -0.15) is 10.2 Å². The van der Waals surface area contributed by atoms with E-state index in [1.165, 1.54) is 17.0 Å². The van der Waals surface area contributed by atoms with Crippen LogP contribution in [0.25, 0.3) is 0 Å². The standard InChI is InChI=1S/C17H25N5O/c1-5-6-21-13(3)16(12(2)18-21)11-20-7-8-22-15(10-20)9-17(19-22)14(4)23/h5,9,14,23H,1,6-8,10-11H2,2-4H3. The van der Waals surface area contributed by atoms with E-state index in [1.54, 1.807) is 6.92 Å². The van der Waals surface area contributed by atoms with Crippen LogP contribution in [-0.2, 0) is 26.2 Å². The van der Waals surface area contributed by atoms with Crippen LogP contribution in [0.1, 0.15) is 41.4 Å². The summed E-state index contributed by atoms with van der Waals surface area (Å²) in [6.07, 6.45) is 1.36. The van der Waals surface area contributed by atoms with Crippen LogP contribution >= 0.6 is 0 Å². The van der Waals surface area contributed by atoms with E-state index in [2.05, 4.69) is 35.5 Å². The normalized spacial score (nSPS) is 16.3. The Morgan fingerprint density at radius 3 is 2.83 bits per heavy atom. The Morgan fingerprint density at radius 1 is 1.35 bits per heavy atom. The molecule has 1 aliphatic heterocycles. The van der Waals surface area contributed by atoms with Crippen LogP contribution in [0.3, 0.4) is 0 Å². The van der Waals surface area contributed by atoms with Gasteiger partial charge in [0, 0.05) is 30.9 Å². The van der Waals surface area contributed by atoms with E-state index < -0.39 is 6.10 Å². The zero-order valence-electron chi connectivity index (χ0n) is 14.2. The fourth-order valence-electron chi connectivity index (χ4n) is 3.17. The average Bonchev–Trinajstić information content (AvgIpc) is 3.04. The molecule has 0 aliphatic carbocycles. The van der Waals surface area contributed by atoms with E-state index in [0.717, 1.165) is 44.1 Å². The first-order valence-electron chi connectivity index (χ1n) is 8.10. The molecule has 2 aromatic heterocycles. The Hall–Kier alpha value is -1.92. The number of aromatic nitrogens is 4. The Balaban J connectivity index is 1.76. The summed E-state index contributed by atoms with van der Waals surface area (Å²) in [5.41, 5.74) is 5.53. The molecule has 0 bridgehead atoms. The quantitative estimate of drug-likeness (QED) is 0.857. The Kier molecular flexibility index (Phi) is 4.37. The van der Waals surface area contributed by atoms with Gasteiger partial charge in [-0.1, -0.05) is 6.08 Å². The fraction of sp³-hybridized carbons (Fsp3) is 0.529. The molecule has 1 unspecified atom stereocenters. The third-order valence-electron chi connectivity index (χ3n) is 4.54. The van der Waals surface area contributed by atoms with Gasteiger partial charge in [0.15, 0.2) is 0 Å². The summed E-state index contributed by atoms with van der Waals surface area (Å²) in [7, 11) is 0. The maximum absolute atomic E-state index is 9.69. The maximum Gasteiger partial charge on any atom is 0.0950 e. The first-order chi connectivity index (χ1) is 11.0. The highest BCUT2D eigenvalue weighted by molar-refractivity contribution is 5.25. The Morgan fingerprint density at radius 2 is 2.13 bits per heavy atom. The lowest BCUT2D eigenvalue weighted by molar-refractivity contribution is 0.189. The van der Waals surface area contributed by atoms with Crippen LogP contribution < -0.4 is 0 Å². The van der Waals surface area contributed by atoms with Crippen molar-refractivity contribution in [2.75, 3.05) is 6.54 Å². The molecule has 0 spiro atoms. The molecule has 0 amide bonds. The number of hydrogen-bond acceptors (Lipinski definition) is 4. The SMILES string of the molecule is C=CCn1nc(C)c(CN2CCn3nc(C(C)O)cc3C2)c1C. The minimum absolute atomic E-state index is 0.511. The largest absolute Gasteiger partial charge is 0.387 e. The number of aryl methyl sites for hydroxylation is 1. The van der Waals surface area contributed by atoms with Crippen LogP contribution in [0, 0.1) is 13.8 Å². The van der Waals surface area contributed by atoms with Gasteiger partial charge < -0.3 is 5.11 Å². The summed E-state index contributed by atoms with van der Waals surface area (Å²) in [4.78, 5) is 2.41. The molecule has 0 saturated carbocycles. The summed E-state index contributed by atoms with van der Waals surface area (Å²) >= 11 is 0. The first-order valence-corrected chi connectivity index (χ1v) is 8.10. The molecule has 3 heterocycles. The predicted molar refractivity (Wildman–Crippen MR) is 88.9 cm³/mol. The second-order valence-electron chi connectivity index (χ2n) is 6.29. The number of allylic oxidation sites excluding steroid dienone is 1.